The largest absolute Gasteiger partial charge is 0.497 e. The van der Waals surface area contributed by atoms with Crippen molar-refractivity contribution in [3.63, 3.8) is 0 Å². The van der Waals surface area contributed by atoms with Crippen molar-refractivity contribution < 1.29 is 4.74 Å². The first kappa shape index (κ1) is 11.0. The van der Waals surface area contributed by atoms with E-state index >= 15 is 0 Å². The summed E-state index contributed by atoms with van der Waals surface area (Å²) in [5.41, 5.74) is 4.83. The minimum absolute atomic E-state index is 0.865. The highest BCUT2D eigenvalue weighted by atomic mass is 16.5. The SMILES string of the molecule is COc1cccc(C2=NCCc3ccccc32)c1. The van der Waals surface area contributed by atoms with Gasteiger partial charge in [-0.15, -0.1) is 0 Å². The highest BCUT2D eigenvalue weighted by Gasteiger charge is 2.15. The number of hydrogen-bond acceptors (Lipinski definition) is 2. The molecule has 0 unspecified atom stereocenters. The maximum absolute atomic E-state index is 5.28. The van der Waals surface area contributed by atoms with Crippen LogP contribution in [0.4, 0.5) is 0 Å². The highest BCUT2D eigenvalue weighted by Crippen LogP contribution is 2.22. The average molecular weight is 237 g/mol. The number of fused-ring (bicyclic) bond motifs is 1. The second-order valence-electron chi connectivity index (χ2n) is 4.37. The van der Waals surface area contributed by atoms with Gasteiger partial charge in [-0.25, -0.2) is 0 Å². The van der Waals surface area contributed by atoms with Crippen LogP contribution >= 0.6 is 0 Å². The van der Waals surface area contributed by atoms with Crippen LogP contribution in [0, 0.1) is 0 Å². The lowest BCUT2D eigenvalue weighted by molar-refractivity contribution is 0.414. The molecule has 18 heavy (non-hydrogen) atoms. The van der Waals surface area contributed by atoms with Crippen LogP contribution < -0.4 is 4.74 Å². The Kier molecular flexibility index (Phi) is 2.85. The van der Waals surface area contributed by atoms with Gasteiger partial charge in [0.25, 0.3) is 0 Å². The van der Waals surface area contributed by atoms with Crippen molar-refractivity contribution in [2.24, 2.45) is 4.99 Å². The number of hydrogen-bond donors (Lipinski definition) is 0. The van der Waals surface area contributed by atoms with E-state index in [4.69, 9.17) is 4.74 Å². The van der Waals surface area contributed by atoms with E-state index in [1.165, 1.54) is 11.1 Å². The van der Waals surface area contributed by atoms with Crippen molar-refractivity contribution in [3.05, 3.63) is 65.2 Å². The van der Waals surface area contributed by atoms with Gasteiger partial charge in [-0.2, -0.15) is 0 Å². The van der Waals surface area contributed by atoms with Gasteiger partial charge >= 0.3 is 0 Å². The Hall–Kier alpha value is -2.09. The van der Waals surface area contributed by atoms with Gasteiger partial charge < -0.3 is 4.74 Å². The van der Waals surface area contributed by atoms with Crippen molar-refractivity contribution in [3.8, 4) is 5.75 Å². The maximum atomic E-state index is 5.28. The molecule has 0 bridgehead atoms. The number of methoxy groups -OCH3 is 1. The van der Waals surface area contributed by atoms with Crippen molar-refractivity contribution in [2.75, 3.05) is 13.7 Å². The first-order valence-corrected chi connectivity index (χ1v) is 6.15. The van der Waals surface area contributed by atoms with Crippen molar-refractivity contribution in [2.45, 2.75) is 6.42 Å². The Balaban J connectivity index is 2.09. The Bertz CT molecular complexity index is 602. The zero-order valence-corrected chi connectivity index (χ0v) is 10.4. The predicted octanol–water partition coefficient (Wildman–Crippen LogP) is 3.09. The molecule has 2 heteroatoms. The molecule has 3 rings (SSSR count). The second kappa shape index (κ2) is 4.65. The summed E-state index contributed by atoms with van der Waals surface area (Å²) in [7, 11) is 1.69. The topological polar surface area (TPSA) is 21.6 Å². The predicted molar refractivity (Wildman–Crippen MR) is 73.6 cm³/mol. The molecule has 0 atom stereocenters. The number of rotatable bonds is 2. The number of benzene rings is 2. The van der Waals surface area contributed by atoms with Crippen LogP contribution in [-0.4, -0.2) is 19.4 Å². The monoisotopic (exact) mass is 237 g/mol. The van der Waals surface area contributed by atoms with Crippen LogP contribution in [0.15, 0.2) is 53.5 Å². The summed E-state index contributed by atoms with van der Waals surface area (Å²) >= 11 is 0. The minimum atomic E-state index is 0.865. The molecule has 0 saturated heterocycles. The molecular formula is C16H15NO. The first-order valence-electron chi connectivity index (χ1n) is 6.15. The number of nitrogens with zero attached hydrogens (tertiary/aromatic N) is 1. The van der Waals surface area contributed by atoms with Gasteiger partial charge in [0.15, 0.2) is 0 Å². The second-order valence-corrected chi connectivity index (χ2v) is 4.37. The Labute approximate surface area is 107 Å². The van der Waals surface area contributed by atoms with E-state index in [0.29, 0.717) is 0 Å². The zero-order valence-electron chi connectivity index (χ0n) is 10.4. The molecule has 2 aromatic rings. The molecule has 0 N–H and O–H groups in total. The standard InChI is InChI=1S/C16H15NO/c1-18-14-7-4-6-13(11-14)16-15-8-3-2-5-12(15)9-10-17-16/h2-8,11H,9-10H2,1H3. The van der Waals surface area contributed by atoms with E-state index in [0.717, 1.165) is 30.0 Å². The van der Waals surface area contributed by atoms with E-state index in [-0.39, 0.29) is 0 Å². The van der Waals surface area contributed by atoms with E-state index < -0.39 is 0 Å². The summed E-state index contributed by atoms with van der Waals surface area (Å²) < 4.78 is 5.28. The Morgan fingerprint density at radius 2 is 1.94 bits per heavy atom. The maximum Gasteiger partial charge on any atom is 0.119 e. The van der Waals surface area contributed by atoms with Gasteiger partial charge in [0, 0.05) is 17.7 Å². The van der Waals surface area contributed by atoms with Crippen molar-refractivity contribution in [1.29, 1.82) is 0 Å². The van der Waals surface area contributed by atoms with Crippen LogP contribution in [0.1, 0.15) is 16.7 Å². The van der Waals surface area contributed by atoms with Crippen molar-refractivity contribution >= 4 is 5.71 Å². The summed E-state index contributed by atoms with van der Waals surface area (Å²) in [5.74, 6) is 0.873. The Morgan fingerprint density at radius 3 is 2.83 bits per heavy atom. The van der Waals surface area contributed by atoms with Gasteiger partial charge in [0.1, 0.15) is 5.75 Å². The molecule has 0 saturated carbocycles. The van der Waals surface area contributed by atoms with Crippen LogP contribution in [0.5, 0.6) is 5.75 Å². The van der Waals surface area contributed by atoms with E-state index in [1.54, 1.807) is 7.11 Å². The Morgan fingerprint density at radius 1 is 1.06 bits per heavy atom. The third-order valence-electron chi connectivity index (χ3n) is 3.27. The molecule has 0 aromatic heterocycles. The molecule has 90 valence electrons. The summed E-state index contributed by atoms with van der Waals surface area (Å²) in [5, 5.41) is 0. The van der Waals surface area contributed by atoms with Gasteiger partial charge in [0.05, 0.1) is 12.8 Å². The first-order chi connectivity index (χ1) is 8.88. The number of ether oxygens (including phenoxy) is 1. The molecule has 0 fully saturated rings. The van der Waals surface area contributed by atoms with Crippen molar-refractivity contribution in [1.82, 2.24) is 0 Å². The lowest BCUT2D eigenvalue weighted by atomic mass is 9.93. The molecular weight excluding hydrogens is 222 g/mol. The molecule has 1 aliphatic heterocycles. The van der Waals surface area contributed by atoms with E-state index in [2.05, 4.69) is 35.3 Å². The fraction of sp³-hybridized carbons (Fsp3) is 0.188. The zero-order chi connectivity index (χ0) is 12.4. The van der Waals surface area contributed by atoms with Gasteiger partial charge in [-0.3, -0.25) is 4.99 Å². The minimum Gasteiger partial charge on any atom is -0.497 e. The molecule has 0 aliphatic carbocycles. The van der Waals surface area contributed by atoms with Gasteiger partial charge in [-0.05, 0) is 24.1 Å². The third kappa shape index (κ3) is 1.90. The van der Waals surface area contributed by atoms with E-state index in [1.807, 2.05) is 18.2 Å². The quantitative estimate of drug-likeness (QED) is 0.786. The molecule has 0 amide bonds. The van der Waals surface area contributed by atoms with Crippen LogP contribution in [0.25, 0.3) is 0 Å². The lowest BCUT2D eigenvalue weighted by Crippen LogP contribution is -2.13. The lowest BCUT2D eigenvalue weighted by Gasteiger charge is -2.17. The molecule has 0 radical (unpaired) electrons. The summed E-state index contributed by atoms with van der Waals surface area (Å²) in [6, 6.07) is 16.6. The highest BCUT2D eigenvalue weighted by molar-refractivity contribution is 6.14. The smallest absolute Gasteiger partial charge is 0.119 e. The van der Waals surface area contributed by atoms with Crippen LogP contribution in [0.3, 0.4) is 0 Å². The summed E-state index contributed by atoms with van der Waals surface area (Å²) in [4.78, 5) is 4.68. The van der Waals surface area contributed by atoms with Gasteiger partial charge in [-0.1, -0.05) is 36.4 Å². The fourth-order valence-electron chi connectivity index (χ4n) is 2.36. The van der Waals surface area contributed by atoms with Crippen LogP contribution in [0.2, 0.25) is 0 Å². The normalized spacial score (nSPS) is 13.7. The number of aliphatic imine (C=N–C) groups is 1. The summed E-state index contributed by atoms with van der Waals surface area (Å²) in [6.07, 6.45) is 1.03. The molecule has 1 aliphatic rings. The molecule has 0 spiro atoms. The summed E-state index contributed by atoms with van der Waals surface area (Å²) in [6.45, 7) is 0.865. The van der Waals surface area contributed by atoms with Gasteiger partial charge in [0.2, 0.25) is 0 Å². The average Bonchev–Trinajstić information content (AvgIpc) is 2.47. The third-order valence-corrected chi connectivity index (χ3v) is 3.27. The fourth-order valence-corrected chi connectivity index (χ4v) is 2.36. The molecule has 2 aromatic carbocycles. The molecule has 1 heterocycles. The van der Waals surface area contributed by atoms with Crippen LogP contribution in [-0.2, 0) is 6.42 Å². The molecule has 2 nitrogen and oxygen atoms in total. The van der Waals surface area contributed by atoms with E-state index in [9.17, 15) is 0 Å².